The fourth-order valence-electron chi connectivity index (χ4n) is 0.629. The van der Waals surface area contributed by atoms with Crippen LogP contribution in [-0.4, -0.2) is 16.0 Å². The quantitative estimate of drug-likeness (QED) is 0.733. The van der Waals surface area contributed by atoms with Gasteiger partial charge in [-0.05, 0) is 12.2 Å². The number of nitrogens with zero attached hydrogens (tertiary/aromatic N) is 2. The van der Waals surface area contributed by atoms with Crippen molar-refractivity contribution in [2.45, 2.75) is 19.1 Å². The Labute approximate surface area is 74.4 Å². The molecular weight excluding hydrogens is 178 g/mol. The van der Waals surface area contributed by atoms with Crippen molar-refractivity contribution in [3.63, 3.8) is 0 Å². The van der Waals surface area contributed by atoms with E-state index >= 15 is 0 Å². The summed E-state index contributed by atoms with van der Waals surface area (Å²) in [4.78, 5) is 0. The van der Waals surface area contributed by atoms with E-state index in [1.165, 1.54) is 23.5 Å². The van der Waals surface area contributed by atoms with E-state index in [0.717, 1.165) is 10.8 Å². The molecule has 0 aliphatic carbocycles. The Bertz CT molecular complexity index is 211. The zero-order chi connectivity index (χ0) is 8.10. The molecular formula is C6H11N3S2. The van der Waals surface area contributed by atoms with Gasteiger partial charge in [-0.15, -0.1) is 10.2 Å². The van der Waals surface area contributed by atoms with Crippen LogP contribution in [0.1, 0.15) is 18.4 Å². The molecule has 0 aliphatic heterocycles. The highest BCUT2D eigenvalue weighted by molar-refractivity contribution is 7.98. The Morgan fingerprint density at radius 1 is 1.55 bits per heavy atom. The van der Waals surface area contributed by atoms with Gasteiger partial charge in [-0.2, -0.15) is 11.8 Å². The maximum Gasteiger partial charge on any atom is 0.203 e. The van der Waals surface area contributed by atoms with Crippen LogP contribution in [0.2, 0.25) is 0 Å². The van der Waals surface area contributed by atoms with E-state index in [1.807, 2.05) is 11.8 Å². The predicted molar refractivity (Wildman–Crippen MR) is 50.8 cm³/mol. The van der Waals surface area contributed by atoms with Gasteiger partial charge in [-0.3, -0.25) is 0 Å². The van der Waals surface area contributed by atoms with Crippen molar-refractivity contribution in [3.05, 3.63) is 5.01 Å². The van der Waals surface area contributed by atoms with Crippen LogP contribution >= 0.6 is 23.1 Å². The van der Waals surface area contributed by atoms with Gasteiger partial charge in [-0.25, -0.2) is 0 Å². The third-order valence-corrected chi connectivity index (χ3v) is 3.17. The second-order valence-corrected chi connectivity index (χ2v) is 4.29. The van der Waals surface area contributed by atoms with Crippen molar-refractivity contribution in [2.75, 3.05) is 11.5 Å². The molecule has 0 aliphatic rings. The van der Waals surface area contributed by atoms with Crippen LogP contribution in [0.5, 0.6) is 0 Å². The number of nitrogen functional groups attached to an aromatic ring is 1. The molecule has 3 nitrogen and oxygen atoms in total. The molecule has 5 heteroatoms. The zero-order valence-electron chi connectivity index (χ0n) is 6.41. The minimum atomic E-state index is 0.567. The Morgan fingerprint density at radius 3 is 2.91 bits per heavy atom. The number of rotatable bonds is 4. The van der Waals surface area contributed by atoms with E-state index in [4.69, 9.17) is 5.73 Å². The first kappa shape index (κ1) is 8.80. The number of nitrogens with two attached hydrogens (primary N) is 1. The summed E-state index contributed by atoms with van der Waals surface area (Å²) in [6.45, 7) is 2.17. The van der Waals surface area contributed by atoms with Gasteiger partial charge in [0, 0.05) is 5.75 Å². The van der Waals surface area contributed by atoms with Crippen LogP contribution in [0.4, 0.5) is 5.13 Å². The van der Waals surface area contributed by atoms with Gasteiger partial charge in [0.1, 0.15) is 5.01 Å². The van der Waals surface area contributed by atoms with Gasteiger partial charge >= 0.3 is 0 Å². The summed E-state index contributed by atoms with van der Waals surface area (Å²) >= 11 is 3.34. The lowest BCUT2D eigenvalue weighted by Crippen LogP contribution is -1.81. The van der Waals surface area contributed by atoms with Crippen molar-refractivity contribution in [2.24, 2.45) is 0 Å². The highest BCUT2D eigenvalue weighted by Crippen LogP contribution is 2.17. The first-order valence-electron chi connectivity index (χ1n) is 3.48. The molecule has 0 aromatic carbocycles. The summed E-state index contributed by atoms with van der Waals surface area (Å²) in [6.07, 6.45) is 1.21. The Kier molecular flexibility index (Phi) is 3.65. The standard InChI is InChI=1S/C6H11N3S2/c1-2-3-10-4-5-8-9-6(7)11-5/h2-4H2,1H3,(H2,7,9). The zero-order valence-corrected chi connectivity index (χ0v) is 8.04. The van der Waals surface area contributed by atoms with Gasteiger partial charge < -0.3 is 5.73 Å². The van der Waals surface area contributed by atoms with Crippen LogP contribution in [0, 0.1) is 0 Å². The maximum absolute atomic E-state index is 5.42. The molecule has 0 radical (unpaired) electrons. The molecule has 0 bridgehead atoms. The summed E-state index contributed by atoms with van der Waals surface area (Å²) in [5.41, 5.74) is 5.42. The fourth-order valence-corrected chi connectivity index (χ4v) is 2.18. The minimum absolute atomic E-state index is 0.567. The van der Waals surface area contributed by atoms with E-state index in [-0.39, 0.29) is 0 Å². The molecule has 0 atom stereocenters. The van der Waals surface area contributed by atoms with Gasteiger partial charge in [0.05, 0.1) is 0 Å². The first-order chi connectivity index (χ1) is 5.33. The van der Waals surface area contributed by atoms with Crippen LogP contribution < -0.4 is 5.73 Å². The number of hydrogen-bond acceptors (Lipinski definition) is 5. The summed E-state index contributed by atoms with van der Waals surface area (Å²) in [7, 11) is 0. The molecule has 0 spiro atoms. The Morgan fingerprint density at radius 2 is 2.36 bits per heavy atom. The SMILES string of the molecule is CCCSCc1nnc(N)s1. The van der Waals surface area contributed by atoms with E-state index in [2.05, 4.69) is 17.1 Å². The molecule has 1 rings (SSSR count). The maximum atomic E-state index is 5.42. The normalized spacial score (nSPS) is 10.3. The van der Waals surface area contributed by atoms with Gasteiger partial charge in [0.25, 0.3) is 0 Å². The molecule has 0 saturated carbocycles. The summed E-state index contributed by atoms with van der Waals surface area (Å²) < 4.78 is 0. The molecule has 11 heavy (non-hydrogen) atoms. The third-order valence-electron chi connectivity index (χ3n) is 1.06. The molecule has 0 amide bonds. The lowest BCUT2D eigenvalue weighted by atomic mass is 10.6. The monoisotopic (exact) mass is 189 g/mol. The summed E-state index contributed by atoms with van der Waals surface area (Å²) in [5, 5.41) is 9.23. The topological polar surface area (TPSA) is 51.8 Å². The van der Waals surface area contributed by atoms with Crippen molar-refractivity contribution in [1.29, 1.82) is 0 Å². The predicted octanol–water partition coefficient (Wildman–Crippen LogP) is 1.76. The van der Waals surface area contributed by atoms with Gasteiger partial charge in [0.15, 0.2) is 0 Å². The highest BCUT2D eigenvalue weighted by Gasteiger charge is 1.99. The summed E-state index contributed by atoms with van der Waals surface area (Å²) in [6, 6.07) is 0. The second-order valence-electron chi connectivity index (χ2n) is 2.09. The minimum Gasteiger partial charge on any atom is -0.374 e. The van der Waals surface area contributed by atoms with Crippen molar-refractivity contribution < 1.29 is 0 Å². The average molecular weight is 189 g/mol. The number of thioether (sulfide) groups is 1. The number of anilines is 1. The van der Waals surface area contributed by atoms with E-state index in [1.54, 1.807) is 0 Å². The summed E-state index contributed by atoms with van der Waals surface area (Å²) in [5.74, 6) is 2.13. The molecule has 1 heterocycles. The fraction of sp³-hybridized carbons (Fsp3) is 0.667. The number of aromatic nitrogens is 2. The largest absolute Gasteiger partial charge is 0.374 e. The Balaban J connectivity index is 2.27. The molecule has 62 valence electrons. The smallest absolute Gasteiger partial charge is 0.203 e. The molecule has 2 N–H and O–H groups in total. The molecule has 0 unspecified atom stereocenters. The van der Waals surface area contributed by atoms with Crippen LogP contribution in [-0.2, 0) is 5.75 Å². The van der Waals surface area contributed by atoms with Crippen molar-refractivity contribution in [3.8, 4) is 0 Å². The van der Waals surface area contributed by atoms with E-state index in [9.17, 15) is 0 Å². The lowest BCUT2D eigenvalue weighted by molar-refractivity contribution is 1.04. The Hall–Kier alpha value is -0.290. The third kappa shape index (κ3) is 3.07. The molecule has 0 saturated heterocycles. The second kappa shape index (κ2) is 4.56. The average Bonchev–Trinajstić information content (AvgIpc) is 2.37. The van der Waals surface area contributed by atoms with E-state index in [0.29, 0.717) is 5.13 Å². The first-order valence-corrected chi connectivity index (χ1v) is 5.45. The lowest BCUT2D eigenvalue weighted by Gasteiger charge is -1.92. The number of hydrogen-bond donors (Lipinski definition) is 1. The van der Waals surface area contributed by atoms with Crippen LogP contribution in [0.25, 0.3) is 0 Å². The van der Waals surface area contributed by atoms with Crippen molar-refractivity contribution in [1.82, 2.24) is 10.2 Å². The molecule has 0 fully saturated rings. The molecule has 1 aromatic rings. The highest BCUT2D eigenvalue weighted by atomic mass is 32.2. The van der Waals surface area contributed by atoms with Gasteiger partial charge in [-0.1, -0.05) is 18.3 Å². The van der Waals surface area contributed by atoms with Crippen LogP contribution in [0.3, 0.4) is 0 Å². The van der Waals surface area contributed by atoms with Crippen molar-refractivity contribution >= 4 is 28.2 Å². The molecule has 1 aromatic heterocycles. The van der Waals surface area contributed by atoms with Crippen LogP contribution in [0.15, 0.2) is 0 Å². The van der Waals surface area contributed by atoms with E-state index < -0.39 is 0 Å². The van der Waals surface area contributed by atoms with Gasteiger partial charge in [0.2, 0.25) is 5.13 Å².